The Bertz CT molecular complexity index is 1420. The molecular weight excluding hydrogens is 525 g/mol. The summed E-state index contributed by atoms with van der Waals surface area (Å²) in [6.07, 6.45) is -2.93. The first kappa shape index (κ1) is 25.6. The third-order valence-electron chi connectivity index (χ3n) is 8.57. The molecule has 2 aliphatic heterocycles. The number of aromatic nitrogens is 3. The summed E-state index contributed by atoms with van der Waals surface area (Å²) in [6.45, 7) is 5.07. The van der Waals surface area contributed by atoms with Crippen molar-refractivity contribution in [1.82, 2.24) is 19.7 Å². The van der Waals surface area contributed by atoms with E-state index in [0.717, 1.165) is 18.5 Å². The standard InChI is InChI=1S/C27H27ClF5N5/c1-15-4-6-19(29)23(22(15)30)36-13-26(14-36)9-17(10-26)24-35-34-21-12-37(25(2,3)27(31,32)33)11-16-8-18(28)5-7-20(16)38(21)24/h4-8,17H,9-14H2,1-3H3. The van der Waals surface area contributed by atoms with Crippen LogP contribution in [0.25, 0.3) is 5.69 Å². The number of hydrogen-bond acceptors (Lipinski definition) is 4. The van der Waals surface area contributed by atoms with Gasteiger partial charge >= 0.3 is 6.18 Å². The lowest BCUT2D eigenvalue weighted by Gasteiger charge is -2.59. The summed E-state index contributed by atoms with van der Waals surface area (Å²) in [7, 11) is 0. The second kappa shape index (κ2) is 8.39. The summed E-state index contributed by atoms with van der Waals surface area (Å²) in [5.41, 5.74) is -0.342. The first-order valence-electron chi connectivity index (χ1n) is 12.5. The second-order valence-corrected chi connectivity index (χ2v) is 11.9. The van der Waals surface area contributed by atoms with Crippen LogP contribution in [0.2, 0.25) is 5.02 Å². The third-order valence-corrected chi connectivity index (χ3v) is 8.80. The van der Waals surface area contributed by atoms with E-state index in [2.05, 4.69) is 10.2 Å². The highest BCUT2D eigenvalue weighted by Crippen LogP contribution is 2.57. The highest BCUT2D eigenvalue weighted by atomic mass is 35.5. The molecule has 3 aliphatic rings. The van der Waals surface area contributed by atoms with Gasteiger partial charge < -0.3 is 4.90 Å². The molecule has 38 heavy (non-hydrogen) atoms. The van der Waals surface area contributed by atoms with E-state index in [-0.39, 0.29) is 30.1 Å². The van der Waals surface area contributed by atoms with Gasteiger partial charge in [-0.25, -0.2) is 8.78 Å². The zero-order valence-corrected chi connectivity index (χ0v) is 22.0. The predicted molar refractivity (Wildman–Crippen MR) is 133 cm³/mol. The summed E-state index contributed by atoms with van der Waals surface area (Å²) in [5, 5.41) is 9.22. The van der Waals surface area contributed by atoms with E-state index in [1.807, 2.05) is 4.57 Å². The number of anilines is 1. The number of fused-ring (bicyclic) bond motifs is 3. The molecule has 11 heteroatoms. The highest BCUT2D eigenvalue weighted by Gasteiger charge is 2.56. The lowest BCUT2D eigenvalue weighted by molar-refractivity contribution is -0.224. The van der Waals surface area contributed by atoms with Crippen molar-refractivity contribution in [2.45, 2.75) is 64.3 Å². The fraction of sp³-hybridized carbons (Fsp3) is 0.481. The van der Waals surface area contributed by atoms with E-state index < -0.39 is 23.3 Å². The molecule has 2 fully saturated rings. The van der Waals surface area contributed by atoms with Crippen molar-refractivity contribution in [2.24, 2.45) is 5.41 Å². The molecule has 0 bridgehead atoms. The highest BCUT2D eigenvalue weighted by molar-refractivity contribution is 6.30. The maximum Gasteiger partial charge on any atom is 0.406 e. The summed E-state index contributed by atoms with van der Waals surface area (Å²) in [5.74, 6) is 0.0883. The lowest BCUT2D eigenvalue weighted by Crippen LogP contribution is -2.62. The van der Waals surface area contributed by atoms with Crippen molar-refractivity contribution in [3.05, 3.63) is 69.8 Å². The Hall–Kier alpha value is -2.72. The molecular formula is C27H27ClF5N5. The van der Waals surface area contributed by atoms with Gasteiger partial charge in [0.1, 0.15) is 22.9 Å². The molecule has 3 heterocycles. The van der Waals surface area contributed by atoms with E-state index in [0.29, 0.717) is 40.9 Å². The topological polar surface area (TPSA) is 37.2 Å². The molecule has 1 spiro atoms. The van der Waals surface area contributed by atoms with Crippen LogP contribution >= 0.6 is 11.6 Å². The normalized spacial score (nSPS) is 19.6. The fourth-order valence-electron chi connectivity index (χ4n) is 6.14. The Morgan fingerprint density at radius 3 is 2.39 bits per heavy atom. The molecule has 1 saturated carbocycles. The van der Waals surface area contributed by atoms with Crippen molar-refractivity contribution in [2.75, 3.05) is 18.0 Å². The molecule has 2 aromatic carbocycles. The minimum absolute atomic E-state index is 0.0218. The second-order valence-electron chi connectivity index (χ2n) is 11.5. The molecule has 3 aromatic rings. The molecule has 0 radical (unpaired) electrons. The molecule has 0 amide bonds. The SMILES string of the molecule is Cc1ccc(F)c(N2CC3(CC(c4nnc5n4-c4ccc(Cl)cc4CN(C(C)(C)C(F)(F)F)C5)C3)C2)c1F. The molecule has 1 aromatic heterocycles. The average Bonchev–Trinajstić information content (AvgIpc) is 3.10. The van der Waals surface area contributed by atoms with Gasteiger partial charge in [-0.2, -0.15) is 13.2 Å². The van der Waals surface area contributed by atoms with Crippen LogP contribution in [0.4, 0.5) is 27.6 Å². The molecule has 0 atom stereocenters. The van der Waals surface area contributed by atoms with Gasteiger partial charge in [0.05, 0.1) is 12.2 Å². The van der Waals surface area contributed by atoms with E-state index >= 15 is 0 Å². The quantitative estimate of drug-likeness (QED) is 0.346. The first-order chi connectivity index (χ1) is 17.8. The molecule has 6 rings (SSSR count). The number of halogens is 6. The van der Waals surface area contributed by atoms with Crippen LogP contribution < -0.4 is 4.90 Å². The predicted octanol–water partition coefficient (Wildman–Crippen LogP) is 6.55. The van der Waals surface area contributed by atoms with Gasteiger partial charge in [-0.05, 0) is 69.0 Å². The molecule has 1 aliphatic carbocycles. The Labute approximate surface area is 222 Å². The van der Waals surface area contributed by atoms with Crippen molar-refractivity contribution < 1.29 is 22.0 Å². The first-order valence-corrected chi connectivity index (χ1v) is 12.9. The third kappa shape index (κ3) is 3.82. The van der Waals surface area contributed by atoms with Crippen molar-refractivity contribution >= 4 is 17.3 Å². The molecule has 202 valence electrons. The number of aryl methyl sites for hydroxylation is 1. The smallest absolute Gasteiger partial charge is 0.366 e. The summed E-state index contributed by atoms with van der Waals surface area (Å²) in [6, 6.07) is 7.95. The summed E-state index contributed by atoms with van der Waals surface area (Å²) >= 11 is 6.24. The van der Waals surface area contributed by atoms with Gasteiger partial charge in [0.25, 0.3) is 0 Å². The fourth-order valence-corrected chi connectivity index (χ4v) is 6.34. The van der Waals surface area contributed by atoms with Crippen LogP contribution in [-0.2, 0) is 13.1 Å². The van der Waals surface area contributed by atoms with E-state index in [9.17, 15) is 22.0 Å². The Balaban J connectivity index is 1.27. The number of alkyl halides is 3. The Kier molecular flexibility index (Phi) is 5.64. The van der Waals surface area contributed by atoms with Gasteiger partial charge in [-0.3, -0.25) is 9.47 Å². The van der Waals surface area contributed by atoms with Gasteiger partial charge in [-0.1, -0.05) is 17.7 Å². The molecule has 5 nitrogen and oxygen atoms in total. The van der Waals surface area contributed by atoms with Crippen molar-refractivity contribution in [3.63, 3.8) is 0 Å². The summed E-state index contributed by atoms with van der Waals surface area (Å²) < 4.78 is 72.8. The number of hydrogen-bond donors (Lipinski definition) is 0. The monoisotopic (exact) mass is 551 g/mol. The molecule has 0 N–H and O–H groups in total. The Morgan fingerprint density at radius 1 is 1.00 bits per heavy atom. The van der Waals surface area contributed by atoms with E-state index in [1.165, 1.54) is 30.9 Å². The summed E-state index contributed by atoms with van der Waals surface area (Å²) in [4.78, 5) is 3.10. The van der Waals surface area contributed by atoms with Gasteiger partial charge in [0.2, 0.25) is 0 Å². The van der Waals surface area contributed by atoms with Crippen LogP contribution in [-0.4, -0.2) is 44.5 Å². The van der Waals surface area contributed by atoms with Gasteiger partial charge in [0.15, 0.2) is 11.6 Å². The van der Waals surface area contributed by atoms with E-state index in [4.69, 9.17) is 11.6 Å². The van der Waals surface area contributed by atoms with Crippen LogP contribution in [0.15, 0.2) is 30.3 Å². The lowest BCUT2D eigenvalue weighted by atomic mass is 9.57. The largest absolute Gasteiger partial charge is 0.406 e. The minimum Gasteiger partial charge on any atom is -0.366 e. The van der Waals surface area contributed by atoms with Crippen LogP contribution in [0.1, 0.15) is 55.4 Å². The van der Waals surface area contributed by atoms with Crippen LogP contribution in [0.3, 0.4) is 0 Å². The zero-order valence-electron chi connectivity index (χ0n) is 21.2. The number of rotatable bonds is 3. The minimum atomic E-state index is -4.45. The maximum atomic E-state index is 14.6. The molecule has 0 unspecified atom stereocenters. The average molecular weight is 552 g/mol. The van der Waals surface area contributed by atoms with Crippen molar-refractivity contribution in [1.29, 1.82) is 0 Å². The van der Waals surface area contributed by atoms with Gasteiger partial charge in [0, 0.05) is 36.0 Å². The number of nitrogens with zero attached hydrogens (tertiary/aromatic N) is 5. The Morgan fingerprint density at radius 2 is 1.71 bits per heavy atom. The zero-order chi connectivity index (χ0) is 27.2. The van der Waals surface area contributed by atoms with Gasteiger partial charge in [-0.15, -0.1) is 10.2 Å². The molecule has 1 saturated heterocycles. The van der Waals surface area contributed by atoms with Crippen LogP contribution in [0.5, 0.6) is 0 Å². The van der Waals surface area contributed by atoms with Crippen LogP contribution in [0, 0.1) is 24.0 Å². The number of benzene rings is 2. The van der Waals surface area contributed by atoms with E-state index in [1.54, 1.807) is 30.0 Å². The maximum absolute atomic E-state index is 14.6. The van der Waals surface area contributed by atoms with Crippen molar-refractivity contribution in [3.8, 4) is 5.69 Å².